The van der Waals surface area contributed by atoms with Gasteiger partial charge in [-0.2, -0.15) is 0 Å². The van der Waals surface area contributed by atoms with Crippen LogP contribution in [-0.2, 0) is 27.9 Å². The van der Waals surface area contributed by atoms with Gasteiger partial charge in [-0.3, -0.25) is 18.6 Å². The maximum absolute atomic E-state index is 13.6. The molecule has 0 saturated heterocycles. The molecular weight excluding hydrogens is 1000 g/mol. The summed E-state index contributed by atoms with van der Waals surface area (Å²) in [5.41, 5.74) is 0. The molecule has 0 saturated carbocycles. The summed E-state index contributed by atoms with van der Waals surface area (Å²) < 4.78 is 30.7. The number of hydrogen-bond acceptors (Lipinski definition) is 6. The van der Waals surface area contributed by atoms with E-state index in [1.807, 2.05) is 33.3 Å². The Balaban J connectivity index is 5.22. The Morgan fingerprint density at radius 3 is 1.23 bits per heavy atom. The lowest BCUT2D eigenvalue weighted by Crippen LogP contribution is -2.47. The first-order valence-corrected chi connectivity index (χ1v) is 34.1. The summed E-state index contributed by atoms with van der Waals surface area (Å²) in [4.78, 5) is 37.8. The van der Waals surface area contributed by atoms with E-state index in [-0.39, 0.29) is 31.5 Å². The van der Waals surface area contributed by atoms with Crippen LogP contribution in [-0.4, -0.2) is 74.3 Å². The first-order valence-electron chi connectivity index (χ1n) is 32.6. The van der Waals surface area contributed by atoms with Crippen molar-refractivity contribution >= 4 is 19.7 Å². The largest absolute Gasteiger partial charge is 0.472 e. The molecule has 9 nitrogen and oxygen atoms in total. The van der Waals surface area contributed by atoms with Crippen molar-refractivity contribution in [2.24, 2.45) is 0 Å². The lowest BCUT2D eigenvalue weighted by molar-refractivity contribution is -0.870. The number of rotatable bonds is 58. The number of unbranched alkanes of at least 4 members (excludes halogenated alkanes) is 28. The molecule has 2 N–H and O–H groups in total. The molecule has 0 heterocycles. The lowest BCUT2D eigenvalue weighted by atomic mass is 10.0. The number of carbonyl (C=O) groups is 2. The van der Waals surface area contributed by atoms with Crippen molar-refractivity contribution < 1.29 is 37.3 Å². The van der Waals surface area contributed by atoms with Crippen LogP contribution in [0.4, 0.5) is 0 Å². The Bertz CT molecular complexity index is 1670. The van der Waals surface area contributed by atoms with Gasteiger partial charge in [0.2, 0.25) is 5.91 Å². The Hall–Kier alpha value is -3.07. The van der Waals surface area contributed by atoms with Gasteiger partial charge in [0.1, 0.15) is 19.3 Å². The summed E-state index contributed by atoms with van der Waals surface area (Å²) in [5, 5.41) is 3.05. The third-order valence-corrected chi connectivity index (χ3v) is 15.0. The number of likely N-dealkylation sites (N-methyl/N-ethyl adjacent to an activating group) is 1. The molecule has 0 radical (unpaired) electrons. The number of phosphoric ester groups is 1. The quantitative estimate of drug-likeness (QED) is 0.0205. The zero-order chi connectivity index (χ0) is 57.9. The number of phosphoric acid groups is 1. The molecule has 3 atom stereocenters. The highest BCUT2D eigenvalue weighted by Gasteiger charge is 2.30. The number of nitrogens with one attached hydrogen (secondary N) is 1. The van der Waals surface area contributed by atoms with Gasteiger partial charge >= 0.3 is 13.8 Å². The number of quaternary nitrogens is 1. The van der Waals surface area contributed by atoms with Crippen molar-refractivity contribution in [1.29, 1.82) is 0 Å². The van der Waals surface area contributed by atoms with Gasteiger partial charge < -0.3 is 19.4 Å². The number of hydrogen-bond donors (Lipinski definition) is 2. The second-order valence-corrected chi connectivity index (χ2v) is 24.4. The van der Waals surface area contributed by atoms with Crippen molar-refractivity contribution in [3.8, 4) is 0 Å². The fourth-order valence-electron chi connectivity index (χ4n) is 9.00. The predicted molar refractivity (Wildman–Crippen MR) is 341 cm³/mol. The van der Waals surface area contributed by atoms with Crippen LogP contribution in [0.15, 0.2) is 97.2 Å². The van der Waals surface area contributed by atoms with E-state index in [1.165, 1.54) is 135 Å². The monoisotopic (exact) mass is 1120 g/mol. The Labute approximate surface area is 488 Å². The zero-order valence-corrected chi connectivity index (χ0v) is 53.0. The van der Waals surface area contributed by atoms with Crippen molar-refractivity contribution in [1.82, 2.24) is 5.32 Å². The number of carbonyl (C=O) groups excluding carboxylic acids is 2. The van der Waals surface area contributed by atoms with Crippen molar-refractivity contribution in [2.45, 2.75) is 290 Å². The van der Waals surface area contributed by atoms with E-state index < -0.39 is 20.0 Å². The number of amides is 1. The number of ether oxygens (including phenoxy) is 1. The van der Waals surface area contributed by atoms with Crippen LogP contribution in [0.2, 0.25) is 0 Å². The molecule has 79 heavy (non-hydrogen) atoms. The van der Waals surface area contributed by atoms with Crippen molar-refractivity contribution in [2.75, 3.05) is 40.9 Å². The number of allylic oxidation sites excluding steroid dienone is 15. The molecule has 0 rings (SSSR count). The smallest absolute Gasteiger partial charge is 0.456 e. The molecular formula is C69H124N2O7P+. The summed E-state index contributed by atoms with van der Waals surface area (Å²) in [7, 11) is 1.47. The minimum atomic E-state index is -4.46. The molecule has 0 fully saturated rings. The van der Waals surface area contributed by atoms with Crippen molar-refractivity contribution in [3.63, 3.8) is 0 Å². The van der Waals surface area contributed by atoms with E-state index in [4.69, 9.17) is 13.8 Å². The fraction of sp³-hybridized carbons (Fsp3) is 0.739. The SMILES string of the molecule is CC/C=C\C/C=C\C/C=C\C/C=C\C/C=C\C/C=C\CCCCCCC(=O)OC(/C=C/CCCCCCCCCCC)C(COP(=O)(O)OCC[N+](C)(C)C)NC(=O)CCCCCCCCCCC/C=C/CCCCCCCC. The maximum atomic E-state index is 13.6. The molecule has 3 unspecified atom stereocenters. The zero-order valence-electron chi connectivity index (χ0n) is 52.1. The van der Waals surface area contributed by atoms with Gasteiger partial charge in [-0.15, -0.1) is 0 Å². The molecule has 0 bridgehead atoms. The van der Waals surface area contributed by atoms with Gasteiger partial charge in [0.05, 0.1) is 33.8 Å². The molecule has 0 aliphatic rings. The van der Waals surface area contributed by atoms with Crippen LogP contribution in [0.25, 0.3) is 0 Å². The molecule has 0 aromatic heterocycles. The van der Waals surface area contributed by atoms with Gasteiger partial charge in [0.15, 0.2) is 0 Å². The molecule has 0 spiro atoms. The molecule has 10 heteroatoms. The van der Waals surface area contributed by atoms with Crippen LogP contribution < -0.4 is 5.32 Å². The van der Waals surface area contributed by atoms with Gasteiger partial charge in [0.25, 0.3) is 0 Å². The van der Waals surface area contributed by atoms with E-state index in [1.54, 1.807) is 0 Å². The van der Waals surface area contributed by atoms with Gasteiger partial charge in [0, 0.05) is 12.8 Å². The van der Waals surface area contributed by atoms with Crippen molar-refractivity contribution in [3.05, 3.63) is 97.2 Å². The summed E-state index contributed by atoms with van der Waals surface area (Å²) >= 11 is 0. The Kier molecular flexibility index (Phi) is 55.9. The van der Waals surface area contributed by atoms with Crippen LogP contribution in [0.1, 0.15) is 278 Å². The van der Waals surface area contributed by atoms with E-state index >= 15 is 0 Å². The molecule has 0 aliphatic heterocycles. The van der Waals surface area contributed by atoms with Crippen LogP contribution in [0, 0.1) is 0 Å². The van der Waals surface area contributed by atoms with Gasteiger partial charge in [-0.1, -0.05) is 253 Å². The highest BCUT2D eigenvalue weighted by molar-refractivity contribution is 7.47. The van der Waals surface area contributed by atoms with Gasteiger partial charge in [-0.25, -0.2) is 4.57 Å². The summed E-state index contributed by atoms with van der Waals surface area (Å²) in [6, 6.07) is -0.865. The minimum Gasteiger partial charge on any atom is -0.456 e. The highest BCUT2D eigenvalue weighted by atomic mass is 31.2. The number of nitrogens with zero attached hydrogens (tertiary/aromatic N) is 1. The molecule has 456 valence electrons. The first-order chi connectivity index (χ1) is 38.4. The number of esters is 1. The Morgan fingerprint density at radius 2 is 0.810 bits per heavy atom. The molecule has 0 aliphatic carbocycles. The summed E-state index contributed by atoms with van der Waals surface area (Å²) in [6.45, 7) is 6.88. The predicted octanol–water partition coefficient (Wildman–Crippen LogP) is 20.3. The van der Waals surface area contributed by atoms with E-state index in [0.717, 1.165) is 103 Å². The lowest BCUT2D eigenvalue weighted by Gasteiger charge is -2.27. The normalized spacial score (nSPS) is 14.3. The first kappa shape index (κ1) is 75.9. The second-order valence-electron chi connectivity index (χ2n) is 22.9. The topological polar surface area (TPSA) is 111 Å². The summed E-state index contributed by atoms with van der Waals surface area (Å²) in [6.07, 6.45) is 78.4. The van der Waals surface area contributed by atoms with Crippen LogP contribution in [0.3, 0.4) is 0 Å². The van der Waals surface area contributed by atoms with Gasteiger partial charge in [-0.05, 0) is 109 Å². The van der Waals surface area contributed by atoms with E-state index in [2.05, 4.69) is 111 Å². The third kappa shape index (κ3) is 59.4. The average molecular weight is 1120 g/mol. The van der Waals surface area contributed by atoms with Crippen LogP contribution >= 0.6 is 7.82 Å². The second kappa shape index (κ2) is 58.1. The third-order valence-electron chi connectivity index (χ3n) is 14.0. The maximum Gasteiger partial charge on any atom is 0.472 e. The van der Waals surface area contributed by atoms with E-state index in [9.17, 15) is 19.0 Å². The Morgan fingerprint density at radius 1 is 0.456 bits per heavy atom. The summed E-state index contributed by atoms with van der Waals surface area (Å²) in [5.74, 6) is -0.537. The highest BCUT2D eigenvalue weighted by Crippen LogP contribution is 2.43. The fourth-order valence-corrected chi connectivity index (χ4v) is 9.73. The molecule has 0 aromatic carbocycles. The van der Waals surface area contributed by atoms with Crippen LogP contribution in [0.5, 0.6) is 0 Å². The van der Waals surface area contributed by atoms with E-state index in [0.29, 0.717) is 23.9 Å². The standard InChI is InChI=1S/C69H123N2O7P/c1-7-10-13-16-19-22-25-27-29-31-33-34-35-36-38-40-42-44-47-50-53-56-59-62-69(73)78-67(60-57-54-51-48-45-24-21-18-15-12-9-3)66(65-77-79(74,75)76-64-63-71(4,5)6)70-68(72)61-58-55-52-49-46-43-41-39-37-32-30-28-26-23-20-17-14-11-8-2/h10,13,19,22,27-30,33-34,36,38,42,44,57,60,66-67H,7-9,11-12,14-18,20-21,23-26,31-32,35,37,39-41,43,45-56,58-59,61-65H2,1-6H3,(H-,70,72,74,75)/p+1/b13-10-,22-19-,29-27-,30-28+,34-33-,38-36-,44-42-,60-57+. The minimum absolute atomic E-state index is 0.0315. The molecule has 0 aromatic rings. The average Bonchev–Trinajstić information content (AvgIpc) is 3.41. The molecule has 1 amide bonds.